The van der Waals surface area contributed by atoms with E-state index in [1.807, 2.05) is 57.2 Å². The van der Waals surface area contributed by atoms with Gasteiger partial charge in [-0.15, -0.1) is 0 Å². The zero-order valence-electron chi connectivity index (χ0n) is 12.2. The van der Waals surface area contributed by atoms with Crippen molar-refractivity contribution in [1.82, 2.24) is 9.38 Å². The molecule has 0 amide bonds. The number of carboxylic acid groups (broad SMARTS) is 1. The average molecular weight is 280 g/mol. The van der Waals surface area contributed by atoms with Gasteiger partial charge in [0.25, 0.3) is 0 Å². The van der Waals surface area contributed by atoms with E-state index in [4.69, 9.17) is 0 Å². The summed E-state index contributed by atoms with van der Waals surface area (Å²) in [5.74, 6) is -0.966. The Morgan fingerprint density at radius 2 is 1.90 bits per heavy atom. The molecule has 0 fully saturated rings. The van der Waals surface area contributed by atoms with Crippen molar-refractivity contribution in [1.29, 1.82) is 0 Å². The molecule has 0 radical (unpaired) electrons. The van der Waals surface area contributed by atoms with Gasteiger partial charge in [0.15, 0.2) is 5.69 Å². The highest BCUT2D eigenvalue weighted by Gasteiger charge is 2.21. The van der Waals surface area contributed by atoms with Gasteiger partial charge in [-0.1, -0.05) is 29.8 Å². The number of carboxylic acids is 1. The second-order valence-corrected chi connectivity index (χ2v) is 5.29. The van der Waals surface area contributed by atoms with E-state index in [0.717, 1.165) is 22.4 Å². The highest BCUT2D eigenvalue weighted by atomic mass is 16.4. The van der Waals surface area contributed by atoms with Crippen LogP contribution in [-0.2, 0) is 0 Å². The summed E-state index contributed by atoms with van der Waals surface area (Å²) in [6.07, 6.45) is 0. The van der Waals surface area contributed by atoms with Crippen LogP contribution in [-0.4, -0.2) is 20.5 Å². The predicted octanol–water partition coefficient (Wildman–Crippen LogP) is 3.62. The van der Waals surface area contributed by atoms with Crippen LogP contribution in [0.4, 0.5) is 0 Å². The molecule has 1 N–H and O–H groups in total. The number of aryl methyl sites for hydroxylation is 3. The lowest BCUT2D eigenvalue weighted by atomic mass is 10.0. The highest BCUT2D eigenvalue weighted by molar-refractivity contribution is 5.95. The number of nitrogens with zero attached hydrogens (tertiary/aromatic N) is 2. The Kier molecular flexibility index (Phi) is 3.01. The molecule has 106 valence electrons. The smallest absolute Gasteiger partial charge is 0.355 e. The van der Waals surface area contributed by atoms with Crippen LogP contribution < -0.4 is 0 Å². The van der Waals surface area contributed by atoms with Gasteiger partial charge in [0.05, 0.1) is 0 Å². The Balaban J connectivity index is 2.40. The largest absolute Gasteiger partial charge is 0.476 e. The van der Waals surface area contributed by atoms with Crippen LogP contribution in [0.25, 0.3) is 16.9 Å². The molecule has 3 aromatic rings. The van der Waals surface area contributed by atoms with E-state index < -0.39 is 5.97 Å². The first kappa shape index (κ1) is 13.4. The molecule has 0 saturated heterocycles. The number of hydrogen-bond acceptors (Lipinski definition) is 2. The maximum absolute atomic E-state index is 11.7. The Morgan fingerprint density at radius 3 is 2.57 bits per heavy atom. The molecule has 0 atom stereocenters. The van der Waals surface area contributed by atoms with Crippen molar-refractivity contribution >= 4 is 11.6 Å². The fourth-order valence-corrected chi connectivity index (χ4v) is 2.72. The van der Waals surface area contributed by atoms with Gasteiger partial charge in [0.1, 0.15) is 11.3 Å². The van der Waals surface area contributed by atoms with Crippen molar-refractivity contribution in [3.8, 4) is 11.3 Å². The van der Waals surface area contributed by atoms with Gasteiger partial charge in [-0.2, -0.15) is 0 Å². The van der Waals surface area contributed by atoms with Gasteiger partial charge < -0.3 is 5.11 Å². The van der Waals surface area contributed by atoms with Gasteiger partial charge in [-0.3, -0.25) is 4.40 Å². The standard InChI is InChI=1S/C17H16N2O2/c1-10-7-8-13(11(2)9-10)15-16(17(20)21)19-12(3)5-4-6-14(19)18-15/h4-9H,1-3H3,(H,20,21). The molecule has 0 saturated carbocycles. The summed E-state index contributed by atoms with van der Waals surface area (Å²) < 4.78 is 1.69. The highest BCUT2D eigenvalue weighted by Crippen LogP contribution is 2.28. The minimum atomic E-state index is -0.966. The van der Waals surface area contributed by atoms with Crippen LogP contribution >= 0.6 is 0 Å². The monoisotopic (exact) mass is 280 g/mol. The number of hydrogen-bond donors (Lipinski definition) is 1. The van der Waals surface area contributed by atoms with Gasteiger partial charge in [-0.05, 0) is 38.5 Å². The lowest BCUT2D eigenvalue weighted by molar-refractivity contribution is 0.0690. The van der Waals surface area contributed by atoms with Gasteiger partial charge in [-0.25, -0.2) is 9.78 Å². The number of aromatic nitrogens is 2. The minimum absolute atomic E-state index is 0.218. The first-order chi connectivity index (χ1) is 9.99. The fourth-order valence-electron chi connectivity index (χ4n) is 2.72. The van der Waals surface area contributed by atoms with E-state index in [9.17, 15) is 9.90 Å². The lowest BCUT2D eigenvalue weighted by Gasteiger charge is -2.06. The summed E-state index contributed by atoms with van der Waals surface area (Å²) in [6, 6.07) is 11.5. The number of benzene rings is 1. The Hall–Kier alpha value is -2.62. The van der Waals surface area contributed by atoms with E-state index >= 15 is 0 Å². The second-order valence-electron chi connectivity index (χ2n) is 5.29. The molecular weight excluding hydrogens is 264 g/mol. The maximum atomic E-state index is 11.7. The average Bonchev–Trinajstić information content (AvgIpc) is 2.79. The number of rotatable bonds is 2. The lowest BCUT2D eigenvalue weighted by Crippen LogP contribution is -2.06. The summed E-state index contributed by atoms with van der Waals surface area (Å²) in [7, 11) is 0. The molecule has 4 heteroatoms. The van der Waals surface area contributed by atoms with Crippen molar-refractivity contribution in [2.24, 2.45) is 0 Å². The van der Waals surface area contributed by atoms with Crippen LogP contribution in [0.1, 0.15) is 27.3 Å². The number of fused-ring (bicyclic) bond motifs is 1. The molecule has 0 aliphatic carbocycles. The second kappa shape index (κ2) is 4.74. The molecule has 2 aromatic heterocycles. The molecule has 0 bridgehead atoms. The zero-order valence-corrected chi connectivity index (χ0v) is 12.2. The molecule has 0 spiro atoms. The number of pyridine rings is 1. The van der Waals surface area contributed by atoms with Gasteiger partial charge in [0.2, 0.25) is 0 Å². The normalized spacial score (nSPS) is 11.0. The summed E-state index contributed by atoms with van der Waals surface area (Å²) in [5.41, 5.74) is 5.29. The number of imidazole rings is 1. The Morgan fingerprint density at radius 1 is 1.14 bits per heavy atom. The summed E-state index contributed by atoms with van der Waals surface area (Å²) in [4.78, 5) is 16.3. The third kappa shape index (κ3) is 2.09. The summed E-state index contributed by atoms with van der Waals surface area (Å²) in [6.45, 7) is 5.88. The number of carbonyl (C=O) groups is 1. The topological polar surface area (TPSA) is 54.6 Å². The molecule has 4 nitrogen and oxygen atoms in total. The minimum Gasteiger partial charge on any atom is -0.476 e. The van der Waals surface area contributed by atoms with E-state index in [1.165, 1.54) is 0 Å². The molecule has 0 unspecified atom stereocenters. The third-order valence-corrected chi connectivity index (χ3v) is 3.68. The van der Waals surface area contributed by atoms with Crippen molar-refractivity contribution in [3.63, 3.8) is 0 Å². The van der Waals surface area contributed by atoms with Crippen LogP contribution in [0.2, 0.25) is 0 Å². The molecule has 3 rings (SSSR count). The molecule has 0 aliphatic heterocycles. The molecular formula is C17H16N2O2. The van der Waals surface area contributed by atoms with E-state index in [0.29, 0.717) is 11.3 Å². The van der Waals surface area contributed by atoms with Crippen LogP contribution in [0.3, 0.4) is 0 Å². The first-order valence-electron chi connectivity index (χ1n) is 6.78. The van der Waals surface area contributed by atoms with Gasteiger partial charge in [0, 0.05) is 11.3 Å². The van der Waals surface area contributed by atoms with Crippen LogP contribution in [0, 0.1) is 20.8 Å². The molecule has 21 heavy (non-hydrogen) atoms. The van der Waals surface area contributed by atoms with Crippen molar-refractivity contribution < 1.29 is 9.90 Å². The molecule has 1 aromatic carbocycles. The van der Waals surface area contributed by atoms with Crippen LogP contribution in [0.15, 0.2) is 36.4 Å². The first-order valence-corrected chi connectivity index (χ1v) is 6.78. The maximum Gasteiger partial charge on any atom is 0.355 e. The SMILES string of the molecule is Cc1ccc(-c2nc3cccc(C)n3c2C(=O)O)c(C)c1. The molecule has 0 aliphatic rings. The molecule has 2 heterocycles. The predicted molar refractivity (Wildman–Crippen MR) is 81.8 cm³/mol. The van der Waals surface area contributed by atoms with E-state index in [-0.39, 0.29) is 5.69 Å². The summed E-state index contributed by atoms with van der Waals surface area (Å²) >= 11 is 0. The fraction of sp³-hybridized carbons (Fsp3) is 0.176. The van der Waals surface area contributed by atoms with Crippen molar-refractivity contribution in [2.45, 2.75) is 20.8 Å². The van der Waals surface area contributed by atoms with Crippen LogP contribution in [0.5, 0.6) is 0 Å². The third-order valence-electron chi connectivity index (χ3n) is 3.68. The Bertz CT molecular complexity index is 863. The van der Waals surface area contributed by atoms with E-state index in [1.54, 1.807) is 4.40 Å². The van der Waals surface area contributed by atoms with Gasteiger partial charge >= 0.3 is 5.97 Å². The van der Waals surface area contributed by atoms with E-state index in [2.05, 4.69) is 4.98 Å². The zero-order chi connectivity index (χ0) is 15.1. The quantitative estimate of drug-likeness (QED) is 0.780. The number of aromatic carboxylic acids is 1. The van der Waals surface area contributed by atoms with Crippen molar-refractivity contribution in [2.75, 3.05) is 0 Å². The van der Waals surface area contributed by atoms with Crippen molar-refractivity contribution in [3.05, 3.63) is 58.9 Å². The summed E-state index contributed by atoms with van der Waals surface area (Å²) in [5, 5.41) is 9.62. The Labute approximate surface area is 122 Å².